The Hall–Kier alpha value is -1.22. The van der Waals surface area contributed by atoms with Gasteiger partial charge in [-0.15, -0.1) is 0 Å². The van der Waals surface area contributed by atoms with Crippen LogP contribution in [0.4, 0.5) is 0 Å². The molecule has 1 aliphatic heterocycles. The zero-order valence-corrected chi connectivity index (χ0v) is 11.8. The van der Waals surface area contributed by atoms with Crippen LogP contribution in [0.3, 0.4) is 0 Å². The maximum absolute atomic E-state index is 10.4. The second-order valence-corrected chi connectivity index (χ2v) is 6.32. The van der Waals surface area contributed by atoms with Crippen molar-refractivity contribution in [3.63, 3.8) is 0 Å². The lowest BCUT2D eigenvalue weighted by molar-refractivity contribution is -0.108. The van der Waals surface area contributed by atoms with Gasteiger partial charge in [-0.25, -0.2) is 0 Å². The molecule has 1 fully saturated rings. The van der Waals surface area contributed by atoms with Gasteiger partial charge < -0.3 is 14.6 Å². The first-order chi connectivity index (χ1) is 9.03. The van der Waals surface area contributed by atoms with E-state index >= 15 is 0 Å². The molecule has 1 spiro atoms. The molecule has 0 unspecified atom stereocenters. The first-order valence-electron chi connectivity index (χ1n) is 7.08. The van der Waals surface area contributed by atoms with Crippen LogP contribution in [0.2, 0.25) is 0 Å². The maximum Gasteiger partial charge on any atom is 0.126 e. The number of aliphatic hydroxyl groups is 1. The summed E-state index contributed by atoms with van der Waals surface area (Å²) in [5, 5.41) is 10.4. The average molecular weight is 262 g/mol. The van der Waals surface area contributed by atoms with Crippen molar-refractivity contribution in [2.75, 3.05) is 7.11 Å². The molecule has 0 bridgehead atoms. The third-order valence-corrected chi connectivity index (χ3v) is 4.68. The summed E-state index contributed by atoms with van der Waals surface area (Å²) in [5.41, 5.74) is 0.730. The second-order valence-electron chi connectivity index (χ2n) is 6.32. The number of ether oxygens (including phenoxy) is 2. The fourth-order valence-electron chi connectivity index (χ4n) is 3.36. The van der Waals surface area contributed by atoms with Crippen molar-refractivity contribution >= 4 is 0 Å². The van der Waals surface area contributed by atoms with E-state index in [1.165, 1.54) is 0 Å². The molecule has 0 saturated heterocycles. The van der Waals surface area contributed by atoms with Gasteiger partial charge in [0.2, 0.25) is 0 Å². The largest absolute Gasteiger partial charge is 0.497 e. The number of methoxy groups -OCH3 is 1. The van der Waals surface area contributed by atoms with Crippen LogP contribution in [-0.2, 0) is 0 Å². The fraction of sp³-hybridized carbons (Fsp3) is 0.625. The molecule has 1 aromatic rings. The lowest BCUT2D eigenvalue weighted by Gasteiger charge is -2.52. The van der Waals surface area contributed by atoms with Gasteiger partial charge in [0, 0.05) is 12.0 Å². The first kappa shape index (κ1) is 12.8. The van der Waals surface area contributed by atoms with Crippen molar-refractivity contribution in [2.45, 2.75) is 44.8 Å². The fourth-order valence-corrected chi connectivity index (χ4v) is 3.36. The van der Waals surface area contributed by atoms with E-state index in [9.17, 15) is 5.11 Å². The lowest BCUT2D eigenvalue weighted by Crippen LogP contribution is -2.53. The minimum atomic E-state index is -0.438. The highest BCUT2D eigenvalue weighted by atomic mass is 16.5. The van der Waals surface area contributed by atoms with Crippen LogP contribution in [0.5, 0.6) is 11.5 Å². The van der Waals surface area contributed by atoms with Crippen LogP contribution >= 0.6 is 0 Å². The summed E-state index contributed by atoms with van der Waals surface area (Å²) in [7, 11) is 1.64. The Bertz CT molecular complexity index is 475. The SMILES string of the molecule is COc1ccc2c(c1)[C@@H](O)CC1(CC(C(C)C)C1)O2. The molecule has 104 valence electrons. The zero-order chi connectivity index (χ0) is 13.6. The summed E-state index contributed by atoms with van der Waals surface area (Å²) in [6, 6.07) is 5.69. The van der Waals surface area contributed by atoms with E-state index in [2.05, 4.69) is 13.8 Å². The Balaban J connectivity index is 1.82. The van der Waals surface area contributed by atoms with Crippen molar-refractivity contribution in [1.29, 1.82) is 0 Å². The van der Waals surface area contributed by atoms with E-state index in [4.69, 9.17) is 9.47 Å². The van der Waals surface area contributed by atoms with Crippen molar-refractivity contribution in [3.8, 4) is 11.5 Å². The normalized spacial score (nSPS) is 32.7. The molecule has 0 radical (unpaired) electrons. The Morgan fingerprint density at radius 1 is 1.32 bits per heavy atom. The predicted molar refractivity (Wildman–Crippen MR) is 73.5 cm³/mol. The van der Waals surface area contributed by atoms with Gasteiger partial charge in [-0.05, 0) is 42.9 Å². The van der Waals surface area contributed by atoms with Gasteiger partial charge >= 0.3 is 0 Å². The van der Waals surface area contributed by atoms with Gasteiger partial charge in [-0.3, -0.25) is 0 Å². The van der Waals surface area contributed by atoms with E-state index in [1.54, 1.807) is 7.11 Å². The quantitative estimate of drug-likeness (QED) is 0.888. The van der Waals surface area contributed by atoms with Crippen LogP contribution in [0.1, 0.15) is 44.8 Å². The summed E-state index contributed by atoms with van der Waals surface area (Å²) in [4.78, 5) is 0. The second kappa shape index (κ2) is 4.41. The minimum Gasteiger partial charge on any atom is -0.497 e. The third kappa shape index (κ3) is 2.10. The zero-order valence-electron chi connectivity index (χ0n) is 11.8. The molecule has 3 nitrogen and oxygen atoms in total. The summed E-state index contributed by atoms with van der Waals surface area (Å²) >= 11 is 0. The molecule has 3 rings (SSSR count). The number of rotatable bonds is 2. The van der Waals surface area contributed by atoms with Crippen molar-refractivity contribution in [1.82, 2.24) is 0 Å². The highest BCUT2D eigenvalue weighted by Crippen LogP contribution is 2.53. The van der Waals surface area contributed by atoms with E-state index in [-0.39, 0.29) is 5.60 Å². The molecule has 19 heavy (non-hydrogen) atoms. The van der Waals surface area contributed by atoms with Gasteiger partial charge in [-0.2, -0.15) is 0 Å². The lowest BCUT2D eigenvalue weighted by atomic mass is 9.63. The summed E-state index contributed by atoms with van der Waals surface area (Å²) in [6.07, 6.45) is 2.39. The number of aliphatic hydroxyl groups excluding tert-OH is 1. The Morgan fingerprint density at radius 2 is 2.05 bits per heavy atom. The molecule has 1 saturated carbocycles. The number of hydrogen-bond donors (Lipinski definition) is 1. The molecule has 0 amide bonds. The van der Waals surface area contributed by atoms with E-state index in [1.807, 2.05) is 18.2 Å². The summed E-state index contributed by atoms with van der Waals surface area (Å²) in [5.74, 6) is 3.02. The summed E-state index contributed by atoms with van der Waals surface area (Å²) in [6.45, 7) is 4.52. The van der Waals surface area contributed by atoms with Gasteiger partial charge in [0.15, 0.2) is 0 Å². The van der Waals surface area contributed by atoms with E-state index in [0.29, 0.717) is 12.3 Å². The summed E-state index contributed by atoms with van der Waals surface area (Å²) < 4.78 is 11.4. The van der Waals surface area contributed by atoms with E-state index < -0.39 is 6.10 Å². The molecule has 1 atom stereocenters. The monoisotopic (exact) mass is 262 g/mol. The minimum absolute atomic E-state index is 0.129. The number of hydrogen-bond acceptors (Lipinski definition) is 3. The molecule has 1 aromatic carbocycles. The molecule has 2 aliphatic rings. The molecule has 0 aromatic heterocycles. The smallest absolute Gasteiger partial charge is 0.126 e. The van der Waals surface area contributed by atoms with Gasteiger partial charge in [0.1, 0.15) is 17.1 Å². The molecule has 1 N–H and O–H groups in total. The van der Waals surface area contributed by atoms with Crippen molar-refractivity contribution in [2.24, 2.45) is 11.8 Å². The average Bonchev–Trinajstić information content (AvgIpc) is 2.35. The van der Waals surface area contributed by atoms with Gasteiger partial charge in [-0.1, -0.05) is 13.8 Å². The number of benzene rings is 1. The van der Waals surface area contributed by atoms with E-state index in [0.717, 1.165) is 35.8 Å². The highest BCUT2D eigenvalue weighted by molar-refractivity contribution is 5.44. The first-order valence-corrected chi connectivity index (χ1v) is 7.08. The molecular formula is C16H22O3. The van der Waals surface area contributed by atoms with Crippen LogP contribution in [0.25, 0.3) is 0 Å². The Morgan fingerprint density at radius 3 is 2.68 bits per heavy atom. The van der Waals surface area contributed by atoms with Crippen molar-refractivity contribution < 1.29 is 14.6 Å². The molecule has 1 heterocycles. The van der Waals surface area contributed by atoms with Gasteiger partial charge in [0.05, 0.1) is 13.2 Å². The molecular weight excluding hydrogens is 240 g/mol. The standard InChI is InChI=1S/C16H22O3/c1-10(2)11-7-16(8-11)9-14(17)13-6-12(18-3)4-5-15(13)19-16/h4-6,10-11,14,17H,7-9H2,1-3H3/t11?,14-,16?/m0/s1. The topological polar surface area (TPSA) is 38.7 Å². The third-order valence-electron chi connectivity index (χ3n) is 4.68. The Kier molecular flexibility index (Phi) is 2.97. The molecule has 3 heteroatoms. The van der Waals surface area contributed by atoms with Gasteiger partial charge in [0.25, 0.3) is 0 Å². The predicted octanol–water partition coefficient (Wildman–Crippen LogP) is 3.32. The maximum atomic E-state index is 10.4. The Labute approximate surface area is 114 Å². The number of fused-ring (bicyclic) bond motifs is 1. The van der Waals surface area contributed by atoms with Crippen LogP contribution in [0.15, 0.2) is 18.2 Å². The van der Waals surface area contributed by atoms with Crippen LogP contribution < -0.4 is 9.47 Å². The highest BCUT2D eigenvalue weighted by Gasteiger charge is 2.51. The van der Waals surface area contributed by atoms with Crippen LogP contribution in [0, 0.1) is 11.8 Å². The molecule has 1 aliphatic carbocycles. The van der Waals surface area contributed by atoms with Crippen molar-refractivity contribution in [3.05, 3.63) is 23.8 Å². The van der Waals surface area contributed by atoms with Crippen LogP contribution in [-0.4, -0.2) is 17.8 Å².